The van der Waals surface area contributed by atoms with E-state index in [9.17, 15) is 9.59 Å². The maximum absolute atomic E-state index is 12.4. The minimum Gasteiger partial charge on any atom is -0.377 e. The number of benzene rings is 4. The Morgan fingerprint density at radius 2 is 1.05 bits per heavy atom. The first kappa shape index (κ1) is 41.0. The Labute approximate surface area is 324 Å². The van der Waals surface area contributed by atoms with Gasteiger partial charge in [-0.3, -0.25) is 9.59 Å². The molecule has 4 aromatic carbocycles. The topological polar surface area (TPSA) is 123 Å². The molecule has 1 saturated carbocycles. The molecular formula is C44H58N2O9. The number of nitrogens with one attached hydrogen (secondary N) is 2. The zero-order valence-electron chi connectivity index (χ0n) is 32.1. The van der Waals surface area contributed by atoms with Crippen molar-refractivity contribution in [1.82, 2.24) is 10.6 Å². The number of aryl methyl sites for hydroxylation is 1. The molecule has 298 valence electrons. The molecule has 3 atom stereocenters. The summed E-state index contributed by atoms with van der Waals surface area (Å²) in [6, 6.07) is 19.7. The number of allylic oxidation sites excluding steroid dienone is 2. The van der Waals surface area contributed by atoms with Crippen molar-refractivity contribution in [2.45, 2.75) is 32.1 Å². The number of fused-ring (bicyclic) bond motifs is 2. The van der Waals surface area contributed by atoms with E-state index in [4.69, 9.17) is 33.2 Å². The summed E-state index contributed by atoms with van der Waals surface area (Å²) in [6.45, 7) is 7.80. The third-order valence-corrected chi connectivity index (χ3v) is 10.4. The number of ether oxygens (including phenoxy) is 7. The van der Waals surface area contributed by atoms with Gasteiger partial charge in [-0.05, 0) is 75.4 Å². The first-order valence-electron chi connectivity index (χ1n) is 20.1. The van der Waals surface area contributed by atoms with Gasteiger partial charge in [-0.2, -0.15) is 0 Å². The first-order valence-corrected chi connectivity index (χ1v) is 20.1. The van der Waals surface area contributed by atoms with Crippen LogP contribution in [0.15, 0.2) is 66.7 Å². The molecule has 0 saturated heterocycles. The predicted molar refractivity (Wildman–Crippen MR) is 214 cm³/mol. The Hall–Kier alpha value is -3.68. The van der Waals surface area contributed by atoms with Gasteiger partial charge in [-0.25, -0.2) is 0 Å². The number of carbonyl (C=O) groups excluding carboxylic acids is 2. The lowest BCUT2D eigenvalue weighted by Crippen LogP contribution is -2.35. The van der Waals surface area contributed by atoms with Crippen molar-refractivity contribution in [3.63, 3.8) is 0 Å². The molecule has 6 rings (SSSR count). The third-order valence-electron chi connectivity index (χ3n) is 10.4. The van der Waals surface area contributed by atoms with Gasteiger partial charge in [0.05, 0.1) is 92.5 Å². The molecule has 1 fully saturated rings. The number of amides is 2. The minimum absolute atomic E-state index is 0.0491. The van der Waals surface area contributed by atoms with Crippen LogP contribution in [-0.2, 0) is 49.2 Å². The van der Waals surface area contributed by atoms with Gasteiger partial charge < -0.3 is 43.8 Å². The highest BCUT2D eigenvalue weighted by Gasteiger charge is 2.39. The van der Waals surface area contributed by atoms with Gasteiger partial charge in [0, 0.05) is 25.4 Å². The normalized spacial score (nSPS) is 17.6. The van der Waals surface area contributed by atoms with Crippen LogP contribution in [0.5, 0.6) is 0 Å². The molecule has 0 aliphatic heterocycles. The van der Waals surface area contributed by atoms with Crippen LogP contribution in [0.4, 0.5) is 0 Å². The molecule has 0 aromatic heterocycles. The summed E-state index contributed by atoms with van der Waals surface area (Å²) >= 11 is 0. The molecule has 2 aliphatic rings. The Balaban J connectivity index is 0.648. The summed E-state index contributed by atoms with van der Waals surface area (Å²) in [4.78, 5) is 24.7. The van der Waals surface area contributed by atoms with Crippen molar-refractivity contribution < 1.29 is 42.7 Å². The van der Waals surface area contributed by atoms with Gasteiger partial charge in [-0.1, -0.05) is 66.7 Å². The van der Waals surface area contributed by atoms with Gasteiger partial charge in [0.2, 0.25) is 11.8 Å². The van der Waals surface area contributed by atoms with E-state index in [1.54, 1.807) is 0 Å². The maximum Gasteiger partial charge on any atom is 0.223 e. The number of carbonyl (C=O) groups is 2. The van der Waals surface area contributed by atoms with Crippen molar-refractivity contribution in [3.8, 4) is 0 Å². The minimum atomic E-state index is 0.0491. The van der Waals surface area contributed by atoms with E-state index < -0.39 is 0 Å². The molecule has 2 amide bonds. The summed E-state index contributed by atoms with van der Waals surface area (Å²) in [5.41, 5.74) is 1.29. The van der Waals surface area contributed by atoms with Gasteiger partial charge in [0.15, 0.2) is 0 Å². The van der Waals surface area contributed by atoms with Crippen LogP contribution in [0.1, 0.15) is 31.2 Å². The summed E-state index contributed by atoms with van der Waals surface area (Å²) < 4.78 is 38.8. The molecule has 3 unspecified atom stereocenters. The summed E-state index contributed by atoms with van der Waals surface area (Å²) in [5, 5.41) is 13.7. The Morgan fingerprint density at radius 3 is 1.60 bits per heavy atom. The second kappa shape index (κ2) is 22.8. The fraction of sp³-hybridized carbons (Fsp3) is 0.545. The molecule has 2 aliphatic carbocycles. The van der Waals surface area contributed by atoms with Gasteiger partial charge in [-0.15, -0.1) is 0 Å². The number of hydrogen-bond donors (Lipinski definition) is 2. The van der Waals surface area contributed by atoms with Crippen LogP contribution in [0.2, 0.25) is 0 Å². The molecule has 2 bridgehead atoms. The standard InChI is InChI=1S/C44H58N2O9/c47-41(6-2-3-34-9-10-37-12-11-35-4-1-5-36-13-14-39(34)43(37)42(35)36)45-15-17-49-19-21-51-23-25-53-27-29-55-30-28-54-26-24-52-22-20-50-18-16-46-44(48)40-32-33-7-8-38(40)31-33/h1,4-5,7-14,33,38,40H,2-3,6,15-32H2,(H,45,47)(H,46,48). The predicted octanol–water partition coefficient (Wildman–Crippen LogP) is 5.47. The highest BCUT2D eigenvalue weighted by molar-refractivity contribution is 6.23. The summed E-state index contributed by atoms with van der Waals surface area (Å²) in [6.07, 6.45) is 8.71. The summed E-state index contributed by atoms with van der Waals surface area (Å²) in [7, 11) is 0. The molecular weight excluding hydrogens is 700 g/mol. The van der Waals surface area contributed by atoms with Crippen molar-refractivity contribution in [1.29, 1.82) is 0 Å². The van der Waals surface area contributed by atoms with Gasteiger partial charge in [0.1, 0.15) is 0 Å². The SMILES string of the molecule is O=C(CCCc1ccc2ccc3cccc4ccc1c2c34)NCCOCCOCCOCCOCCOCCOCCOCCNC(=O)C1CC2C=CC1C2. The van der Waals surface area contributed by atoms with E-state index in [1.807, 2.05) is 0 Å². The van der Waals surface area contributed by atoms with Gasteiger partial charge >= 0.3 is 0 Å². The lowest BCUT2D eigenvalue weighted by atomic mass is 9.90. The van der Waals surface area contributed by atoms with E-state index in [0.29, 0.717) is 124 Å². The van der Waals surface area contributed by atoms with Crippen LogP contribution < -0.4 is 10.6 Å². The maximum atomic E-state index is 12.4. The molecule has 0 radical (unpaired) electrons. The van der Waals surface area contributed by atoms with Crippen molar-refractivity contribution in [2.24, 2.45) is 17.8 Å². The monoisotopic (exact) mass is 758 g/mol. The molecule has 0 spiro atoms. The highest BCUT2D eigenvalue weighted by atomic mass is 16.6. The Bertz CT molecular complexity index is 1770. The number of rotatable bonds is 29. The van der Waals surface area contributed by atoms with Crippen LogP contribution in [0, 0.1) is 17.8 Å². The zero-order chi connectivity index (χ0) is 37.9. The molecule has 0 heterocycles. The smallest absolute Gasteiger partial charge is 0.223 e. The third kappa shape index (κ3) is 12.7. The zero-order valence-corrected chi connectivity index (χ0v) is 32.1. The van der Waals surface area contributed by atoms with Crippen molar-refractivity contribution in [3.05, 3.63) is 72.3 Å². The summed E-state index contributed by atoms with van der Waals surface area (Å²) in [5.74, 6) is 1.38. The van der Waals surface area contributed by atoms with Crippen LogP contribution in [0.25, 0.3) is 32.3 Å². The fourth-order valence-corrected chi connectivity index (χ4v) is 7.69. The molecule has 11 heteroatoms. The van der Waals surface area contributed by atoms with E-state index in [0.717, 1.165) is 25.7 Å². The van der Waals surface area contributed by atoms with Crippen LogP contribution in [-0.4, -0.2) is 117 Å². The molecule has 4 aromatic rings. The van der Waals surface area contributed by atoms with Gasteiger partial charge in [0.25, 0.3) is 0 Å². The van der Waals surface area contributed by atoms with Crippen LogP contribution >= 0.6 is 0 Å². The molecule has 2 N–H and O–H groups in total. The van der Waals surface area contributed by atoms with Crippen molar-refractivity contribution in [2.75, 3.05) is 106 Å². The lowest BCUT2D eigenvalue weighted by Gasteiger charge is -2.17. The Morgan fingerprint density at radius 1 is 0.545 bits per heavy atom. The van der Waals surface area contributed by atoms with Crippen molar-refractivity contribution >= 4 is 44.1 Å². The lowest BCUT2D eigenvalue weighted by molar-refractivity contribution is -0.126. The second-order valence-electron chi connectivity index (χ2n) is 14.2. The quantitative estimate of drug-likeness (QED) is 0.0422. The van der Waals surface area contributed by atoms with E-state index >= 15 is 0 Å². The number of hydrogen-bond acceptors (Lipinski definition) is 9. The average molecular weight is 759 g/mol. The highest BCUT2D eigenvalue weighted by Crippen LogP contribution is 2.43. The van der Waals surface area contributed by atoms with E-state index in [2.05, 4.69) is 77.4 Å². The fourth-order valence-electron chi connectivity index (χ4n) is 7.69. The molecule has 11 nitrogen and oxygen atoms in total. The Kier molecular flexibility index (Phi) is 17.0. The van der Waals surface area contributed by atoms with Crippen LogP contribution in [0.3, 0.4) is 0 Å². The van der Waals surface area contributed by atoms with E-state index in [-0.39, 0.29) is 17.7 Å². The molecule has 55 heavy (non-hydrogen) atoms. The van der Waals surface area contributed by atoms with E-state index in [1.165, 1.54) is 37.9 Å². The largest absolute Gasteiger partial charge is 0.377 e. The first-order chi connectivity index (χ1) is 27.2. The average Bonchev–Trinajstić information content (AvgIpc) is 3.85. The second-order valence-corrected chi connectivity index (χ2v) is 14.2.